The van der Waals surface area contributed by atoms with Crippen LogP contribution in [0.4, 0.5) is 0 Å². The molecule has 2 aromatic heterocycles. The summed E-state index contributed by atoms with van der Waals surface area (Å²) < 4.78 is 7.90. The third kappa shape index (κ3) is 3.52. The molecule has 1 saturated heterocycles. The molecule has 3 heterocycles. The molecule has 26 heavy (non-hydrogen) atoms. The van der Waals surface area contributed by atoms with Gasteiger partial charge in [0.05, 0.1) is 11.8 Å². The summed E-state index contributed by atoms with van der Waals surface area (Å²) >= 11 is 1.71. The lowest BCUT2D eigenvalue weighted by Crippen LogP contribution is -2.09. The first-order valence-electron chi connectivity index (χ1n) is 8.90. The van der Waals surface area contributed by atoms with Crippen LogP contribution < -0.4 is 0 Å². The number of hydrogen-bond acceptors (Lipinski definition) is 5. The van der Waals surface area contributed by atoms with Gasteiger partial charge in [-0.1, -0.05) is 17.8 Å². The monoisotopic (exact) mass is 366 g/mol. The molecular formula is C20H22N4OS. The Morgan fingerprint density at radius 2 is 1.96 bits per heavy atom. The van der Waals surface area contributed by atoms with Gasteiger partial charge in [-0.2, -0.15) is 0 Å². The van der Waals surface area contributed by atoms with Gasteiger partial charge in [-0.25, -0.2) is 0 Å². The minimum absolute atomic E-state index is 0.314. The van der Waals surface area contributed by atoms with Crippen molar-refractivity contribution in [2.75, 3.05) is 12.4 Å². The Balaban J connectivity index is 1.73. The van der Waals surface area contributed by atoms with Gasteiger partial charge in [0.25, 0.3) is 0 Å². The normalized spacial score (nSPS) is 16.9. The number of thioether (sulfide) groups is 1. The Morgan fingerprint density at radius 1 is 1.12 bits per heavy atom. The van der Waals surface area contributed by atoms with Crippen LogP contribution in [0.15, 0.2) is 47.9 Å². The molecule has 0 radical (unpaired) electrons. The molecule has 1 atom stereocenters. The molecule has 0 spiro atoms. The maximum absolute atomic E-state index is 5.76. The van der Waals surface area contributed by atoms with Gasteiger partial charge < -0.3 is 4.74 Å². The van der Waals surface area contributed by atoms with Gasteiger partial charge in [0.15, 0.2) is 11.0 Å². The standard InChI is InChI=1S/C20H22N4OS/c1-14-5-6-17(12-15(14)2)24-19(16-7-9-21-10-8-16)22-23-20(24)26-13-18-4-3-11-25-18/h5-10,12,18H,3-4,11,13H2,1-2H3. The third-order valence-corrected chi connectivity index (χ3v) is 5.80. The molecule has 0 aliphatic carbocycles. The summed E-state index contributed by atoms with van der Waals surface area (Å²) in [6.45, 7) is 5.13. The topological polar surface area (TPSA) is 52.8 Å². The summed E-state index contributed by atoms with van der Waals surface area (Å²) in [4.78, 5) is 4.12. The highest BCUT2D eigenvalue weighted by molar-refractivity contribution is 7.99. The quantitative estimate of drug-likeness (QED) is 0.633. The highest BCUT2D eigenvalue weighted by Gasteiger charge is 2.20. The van der Waals surface area contributed by atoms with Crippen molar-refractivity contribution in [3.8, 4) is 17.1 Å². The van der Waals surface area contributed by atoms with Gasteiger partial charge >= 0.3 is 0 Å². The van der Waals surface area contributed by atoms with Crippen LogP contribution in [0.1, 0.15) is 24.0 Å². The molecule has 134 valence electrons. The van der Waals surface area contributed by atoms with E-state index in [-0.39, 0.29) is 0 Å². The molecule has 1 unspecified atom stereocenters. The number of ether oxygens (including phenoxy) is 1. The van der Waals surface area contributed by atoms with E-state index in [2.05, 4.69) is 51.8 Å². The van der Waals surface area contributed by atoms with Crippen LogP contribution in [0, 0.1) is 13.8 Å². The zero-order valence-corrected chi connectivity index (χ0v) is 15.9. The maximum atomic E-state index is 5.76. The summed E-state index contributed by atoms with van der Waals surface area (Å²) in [6.07, 6.45) is 6.16. The zero-order chi connectivity index (χ0) is 17.9. The molecule has 4 rings (SSSR count). The third-order valence-electron chi connectivity index (χ3n) is 4.74. The smallest absolute Gasteiger partial charge is 0.196 e. The Labute approximate surface area is 157 Å². The first-order valence-corrected chi connectivity index (χ1v) is 9.89. The van der Waals surface area contributed by atoms with Crippen LogP contribution in [-0.2, 0) is 4.74 Å². The van der Waals surface area contributed by atoms with Gasteiger partial charge in [-0.15, -0.1) is 10.2 Å². The molecule has 6 heteroatoms. The molecule has 0 saturated carbocycles. The predicted octanol–water partition coefficient (Wildman–Crippen LogP) is 4.22. The molecule has 5 nitrogen and oxygen atoms in total. The number of rotatable bonds is 5. The summed E-state index contributed by atoms with van der Waals surface area (Å²) in [6, 6.07) is 10.4. The van der Waals surface area contributed by atoms with E-state index in [4.69, 9.17) is 4.74 Å². The summed E-state index contributed by atoms with van der Waals surface area (Å²) in [7, 11) is 0. The highest BCUT2D eigenvalue weighted by Crippen LogP contribution is 2.30. The van der Waals surface area contributed by atoms with Gasteiger partial charge in [0.1, 0.15) is 0 Å². The summed E-state index contributed by atoms with van der Waals surface area (Å²) in [5.74, 6) is 1.74. The van der Waals surface area contributed by atoms with E-state index in [1.807, 2.05) is 12.1 Å². The fourth-order valence-electron chi connectivity index (χ4n) is 3.09. The molecule has 1 aromatic carbocycles. The number of pyridine rings is 1. The van der Waals surface area contributed by atoms with Crippen LogP contribution in [0.25, 0.3) is 17.1 Å². The average Bonchev–Trinajstić information content (AvgIpc) is 3.32. The van der Waals surface area contributed by atoms with Crippen LogP contribution in [-0.4, -0.2) is 38.2 Å². The largest absolute Gasteiger partial charge is 0.377 e. The second-order valence-electron chi connectivity index (χ2n) is 6.59. The first kappa shape index (κ1) is 17.2. The average molecular weight is 366 g/mol. The molecule has 0 bridgehead atoms. The van der Waals surface area contributed by atoms with Crippen LogP contribution in [0.3, 0.4) is 0 Å². The van der Waals surface area contributed by atoms with Gasteiger partial charge in [-0.05, 0) is 62.1 Å². The fourth-order valence-corrected chi connectivity index (χ4v) is 4.11. The Bertz CT molecular complexity index is 888. The van der Waals surface area contributed by atoms with E-state index in [9.17, 15) is 0 Å². The lowest BCUT2D eigenvalue weighted by molar-refractivity contribution is 0.129. The van der Waals surface area contributed by atoms with Gasteiger partial charge in [0, 0.05) is 30.3 Å². The second-order valence-corrected chi connectivity index (χ2v) is 7.58. The van der Waals surface area contributed by atoms with E-state index in [0.29, 0.717) is 6.10 Å². The minimum atomic E-state index is 0.314. The summed E-state index contributed by atoms with van der Waals surface area (Å²) in [5.41, 5.74) is 4.63. The van der Waals surface area contributed by atoms with Gasteiger partial charge in [0.2, 0.25) is 0 Å². The molecule has 3 aromatic rings. The van der Waals surface area contributed by atoms with Gasteiger partial charge in [-0.3, -0.25) is 9.55 Å². The molecule has 1 aliphatic rings. The van der Waals surface area contributed by atoms with E-state index in [1.54, 1.807) is 24.2 Å². The van der Waals surface area contributed by atoms with Crippen molar-refractivity contribution < 1.29 is 4.74 Å². The lowest BCUT2D eigenvalue weighted by Gasteiger charge is -2.13. The number of benzene rings is 1. The van der Waals surface area contributed by atoms with Crippen molar-refractivity contribution in [1.29, 1.82) is 0 Å². The molecule has 0 N–H and O–H groups in total. The number of aryl methyl sites for hydroxylation is 2. The number of aromatic nitrogens is 4. The van der Waals surface area contributed by atoms with Crippen molar-refractivity contribution in [2.45, 2.75) is 37.9 Å². The Hall–Kier alpha value is -2.18. The van der Waals surface area contributed by atoms with Crippen LogP contribution in [0.2, 0.25) is 0 Å². The summed E-state index contributed by atoms with van der Waals surface area (Å²) in [5, 5.41) is 9.86. The van der Waals surface area contributed by atoms with E-state index >= 15 is 0 Å². The first-order chi connectivity index (χ1) is 12.7. The minimum Gasteiger partial charge on any atom is -0.377 e. The second kappa shape index (κ2) is 7.60. The zero-order valence-electron chi connectivity index (χ0n) is 15.1. The Kier molecular flexibility index (Phi) is 5.04. The number of nitrogens with zero attached hydrogens (tertiary/aromatic N) is 4. The predicted molar refractivity (Wildman–Crippen MR) is 104 cm³/mol. The van der Waals surface area contributed by atoms with E-state index < -0.39 is 0 Å². The van der Waals surface area contributed by atoms with Crippen LogP contribution >= 0.6 is 11.8 Å². The molecule has 1 fully saturated rings. The van der Waals surface area contributed by atoms with E-state index in [0.717, 1.165) is 47.4 Å². The van der Waals surface area contributed by atoms with Crippen molar-refractivity contribution in [2.24, 2.45) is 0 Å². The Morgan fingerprint density at radius 3 is 2.69 bits per heavy atom. The lowest BCUT2D eigenvalue weighted by atomic mass is 10.1. The maximum Gasteiger partial charge on any atom is 0.196 e. The van der Waals surface area contributed by atoms with Crippen LogP contribution in [0.5, 0.6) is 0 Å². The van der Waals surface area contributed by atoms with Crippen molar-refractivity contribution >= 4 is 11.8 Å². The molecule has 0 amide bonds. The molecule has 1 aliphatic heterocycles. The molecular weight excluding hydrogens is 344 g/mol. The van der Waals surface area contributed by atoms with E-state index in [1.165, 1.54) is 11.1 Å². The highest BCUT2D eigenvalue weighted by atomic mass is 32.2. The van der Waals surface area contributed by atoms with Crippen molar-refractivity contribution in [3.05, 3.63) is 53.9 Å². The SMILES string of the molecule is Cc1ccc(-n2c(SCC3CCCO3)nnc2-c2ccncc2)cc1C. The fraction of sp³-hybridized carbons (Fsp3) is 0.350. The number of hydrogen-bond donors (Lipinski definition) is 0. The van der Waals surface area contributed by atoms with Crippen molar-refractivity contribution in [1.82, 2.24) is 19.7 Å². The van der Waals surface area contributed by atoms with Crippen molar-refractivity contribution in [3.63, 3.8) is 0 Å².